The van der Waals surface area contributed by atoms with Crippen LogP contribution in [0.4, 0.5) is 0 Å². The first-order valence-corrected chi connectivity index (χ1v) is 15.0. The Kier molecular flexibility index (Phi) is 4.81. The molecule has 0 N–H and O–H groups in total. The highest BCUT2D eigenvalue weighted by molar-refractivity contribution is 5.66. The van der Waals surface area contributed by atoms with E-state index in [4.69, 9.17) is 4.74 Å². The van der Waals surface area contributed by atoms with Gasteiger partial charge in [0.15, 0.2) is 0 Å². The Bertz CT molecular complexity index is 891. The van der Waals surface area contributed by atoms with Crippen LogP contribution >= 0.6 is 0 Å². The molecule has 6 saturated carbocycles. The van der Waals surface area contributed by atoms with Crippen molar-refractivity contribution in [1.29, 1.82) is 0 Å². The number of ether oxygens (including phenoxy) is 1. The van der Waals surface area contributed by atoms with Crippen LogP contribution in [0.2, 0.25) is 0 Å². The van der Waals surface area contributed by atoms with Crippen LogP contribution in [0.1, 0.15) is 126 Å². The van der Waals surface area contributed by atoms with Crippen molar-refractivity contribution in [2.75, 3.05) is 0 Å². The minimum atomic E-state index is -0.0886. The summed E-state index contributed by atoms with van der Waals surface area (Å²) in [4.78, 5) is 11.9. The number of hydrogen-bond acceptors (Lipinski definition) is 2. The van der Waals surface area contributed by atoms with Crippen molar-refractivity contribution in [3.8, 4) is 0 Å². The molecule has 0 aromatic rings. The second kappa shape index (κ2) is 6.86. The van der Waals surface area contributed by atoms with Crippen LogP contribution < -0.4 is 0 Å². The van der Waals surface area contributed by atoms with Crippen LogP contribution in [-0.4, -0.2) is 12.1 Å². The minimum absolute atomic E-state index is 0.0886. The summed E-state index contributed by atoms with van der Waals surface area (Å²) in [6.07, 6.45) is 15.5. The van der Waals surface area contributed by atoms with Gasteiger partial charge in [0.2, 0.25) is 0 Å². The van der Waals surface area contributed by atoms with Gasteiger partial charge in [0.05, 0.1) is 0 Å². The van der Waals surface area contributed by atoms with Crippen LogP contribution in [0.5, 0.6) is 0 Å². The third-order valence-corrected chi connectivity index (χ3v) is 15.0. The topological polar surface area (TPSA) is 26.3 Å². The normalized spacial score (nSPS) is 59.4. The van der Waals surface area contributed by atoms with E-state index in [9.17, 15) is 4.79 Å². The maximum atomic E-state index is 11.9. The number of rotatable bonds is 1. The Morgan fingerprint density at radius 1 is 0.824 bits per heavy atom. The maximum absolute atomic E-state index is 11.9. The van der Waals surface area contributed by atoms with E-state index in [0.717, 1.165) is 30.1 Å². The van der Waals surface area contributed by atoms with Crippen molar-refractivity contribution < 1.29 is 9.53 Å². The average molecular weight is 469 g/mol. The first-order chi connectivity index (χ1) is 15.8. The zero-order valence-electron chi connectivity index (χ0n) is 23.6. The van der Waals surface area contributed by atoms with Gasteiger partial charge >= 0.3 is 5.97 Å². The van der Waals surface area contributed by atoms with Crippen molar-refractivity contribution in [1.82, 2.24) is 0 Å². The van der Waals surface area contributed by atoms with Gasteiger partial charge in [-0.15, -0.1) is 0 Å². The SMILES string of the molecule is CC(=O)O[C@@H]1CC[C@]23C[C@]24CC[C@@H]2[C@H]5[C@H](C)[C@H](C)CC[C@@]5(C)CC[C@@]2(C)[C@]4(C)CC[C@@H]3C1(C)C. The average Bonchev–Trinajstić information content (AvgIpc) is 3.43. The highest BCUT2D eigenvalue weighted by Crippen LogP contribution is 2.91. The second-order valence-electron chi connectivity index (χ2n) is 15.9. The molecule has 0 bridgehead atoms. The Balaban J connectivity index is 1.36. The molecule has 34 heavy (non-hydrogen) atoms. The maximum Gasteiger partial charge on any atom is 0.302 e. The number of hydrogen-bond donors (Lipinski definition) is 0. The summed E-state index contributed by atoms with van der Waals surface area (Å²) >= 11 is 0. The zero-order valence-corrected chi connectivity index (χ0v) is 23.6. The van der Waals surface area contributed by atoms with Gasteiger partial charge in [0.1, 0.15) is 6.10 Å². The van der Waals surface area contributed by atoms with Crippen molar-refractivity contribution >= 4 is 5.97 Å². The van der Waals surface area contributed by atoms with Crippen LogP contribution in [0.3, 0.4) is 0 Å². The Labute approximate surface area is 209 Å². The Hall–Kier alpha value is -0.530. The third kappa shape index (κ3) is 2.53. The molecule has 0 radical (unpaired) electrons. The fraction of sp³-hybridized carbons (Fsp3) is 0.969. The molecule has 2 heteroatoms. The van der Waals surface area contributed by atoms with E-state index in [2.05, 4.69) is 48.5 Å². The molecular formula is C32H52O2. The lowest BCUT2D eigenvalue weighted by Gasteiger charge is -2.71. The fourth-order valence-electron chi connectivity index (χ4n) is 12.9. The van der Waals surface area contributed by atoms with E-state index in [1.165, 1.54) is 64.2 Å². The van der Waals surface area contributed by atoms with Crippen LogP contribution in [0.15, 0.2) is 0 Å². The predicted octanol–water partition coefficient (Wildman–Crippen LogP) is 8.43. The van der Waals surface area contributed by atoms with Crippen molar-refractivity contribution in [2.24, 2.45) is 62.1 Å². The van der Waals surface area contributed by atoms with E-state index in [0.29, 0.717) is 33.0 Å². The molecule has 6 fully saturated rings. The minimum Gasteiger partial charge on any atom is -0.462 e. The molecule has 0 aliphatic heterocycles. The predicted molar refractivity (Wildman–Crippen MR) is 138 cm³/mol. The molecule has 0 aromatic carbocycles. The van der Waals surface area contributed by atoms with Gasteiger partial charge in [-0.2, -0.15) is 0 Å². The molecule has 0 saturated heterocycles. The Morgan fingerprint density at radius 2 is 1.56 bits per heavy atom. The smallest absolute Gasteiger partial charge is 0.302 e. The zero-order chi connectivity index (χ0) is 24.5. The summed E-state index contributed by atoms with van der Waals surface area (Å²) in [5.41, 5.74) is 2.71. The fourth-order valence-corrected chi connectivity index (χ4v) is 12.9. The summed E-state index contributed by atoms with van der Waals surface area (Å²) in [5.74, 6) is 4.24. The molecule has 2 spiro atoms. The van der Waals surface area contributed by atoms with Crippen LogP contribution in [0.25, 0.3) is 0 Å². The summed E-state index contributed by atoms with van der Waals surface area (Å²) in [7, 11) is 0. The first kappa shape index (κ1) is 23.8. The van der Waals surface area contributed by atoms with Gasteiger partial charge in [-0.05, 0) is 127 Å². The molecule has 0 unspecified atom stereocenters. The second-order valence-corrected chi connectivity index (χ2v) is 15.9. The largest absolute Gasteiger partial charge is 0.462 e. The summed E-state index contributed by atoms with van der Waals surface area (Å²) in [5, 5.41) is 0. The molecule has 0 heterocycles. The number of esters is 1. The molecule has 0 amide bonds. The molecule has 6 aliphatic carbocycles. The third-order valence-electron chi connectivity index (χ3n) is 15.0. The van der Waals surface area contributed by atoms with E-state index in [-0.39, 0.29) is 17.5 Å². The number of fused-ring (bicyclic) bond motifs is 4. The van der Waals surface area contributed by atoms with Crippen LogP contribution in [0, 0.1) is 62.1 Å². The number of carbonyl (C=O) groups excluding carboxylic acids is 1. The Morgan fingerprint density at radius 3 is 2.26 bits per heavy atom. The lowest BCUT2D eigenvalue weighted by molar-refractivity contribution is -0.235. The highest BCUT2D eigenvalue weighted by atomic mass is 16.5. The molecule has 11 atom stereocenters. The standard InChI is InChI=1S/C32H52O2/c1-20-9-13-28(6)17-18-29(7)23(26(28)21(20)2)10-16-32-19-31(32)15-12-25(34-22(3)33)27(4,5)24(31)11-14-30(29,32)8/h20-21,23-26H,9-19H2,1-8H3/t20-,21-,23-,24-,25-,26-,28+,29-,30+,31-,32+/m1/s1. The summed E-state index contributed by atoms with van der Waals surface area (Å²) < 4.78 is 5.94. The van der Waals surface area contributed by atoms with E-state index in [1.54, 1.807) is 6.92 Å². The van der Waals surface area contributed by atoms with Gasteiger partial charge in [-0.1, -0.05) is 48.5 Å². The number of carbonyl (C=O) groups is 1. The van der Waals surface area contributed by atoms with Gasteiger partial charge in [-0.3, -0.25) is 4.79 Å². The highest BCUT2D eigenvalue weighted by Gasteiger charge is 2.84. The molecule has 192 valence electrons. The molecule has 2 nitrogen and oxygen atoms in total. The first-order valence-electron chi connectivity index (χ1n) is 15.0. The van der Waals surface area contributed by atoms with Crippen LogP contribution in [-0.2, 0) is 9.53 Å². The van der Waals surface area contributed by atoms with Crippen molar-refractivity contribution in [3.63, 3.8) is 0 Å². The van der Waals surface area contributed by atoms with Gasteiger partial charge in [0, 0.05) is 12.3 Å². The lowest BCUT2D eigenvalue weighted by atomic mass is 9.33. The van der Waals surface area contributed by atoms with Gasteiger partial charge in [0.25, 0.3) is 0 Å². The molecule has 0 aromatic heterocycles. The van der Waals surface area contributed by atoms with Gasteiger partial charge in [-0.25, -0.2) is 0 Å². The van der Waals surface area contributed by atoms with E-state index in [1.807, 2.05) is 0 Å². The van der Waals surface area contributed by atoms with E-state index >= 15 is 0 Å². The molecule has 6 rings (SSSR count). The monoisotopic (exact) mass is 468 g/mol. The van der Waals surface area contributed by atoms with Gasteiger partial charge < -0.3 is 4.74 Å². The quantitative estimate of drug-likeness (QED) is 0.361. The summed E-state index contributed by atoms with van der Waals surface area (Å²) in [6, 6.07) is 0. The van der Waals surface area contributed by atoms with Crippen molar-refractivity contribution in [2.45, 2.75) is 132 Å². The molecular weight excluding hydrogens is 416 g/mol. The molecule has 6 aliphatic rings. The van der Waals surface area contributed by atoms with E-state index < -0.39 is 0 Å². The summed E-state index contributed by atoms with van der Waals surface area (Å²) in [6.45, 7) is 19.9. The van der Waals surface area contributed by atoms with Crippen molar-refractivity contribution in [3.05, 3.63) is 0 Å². The lowest BCUT2D eigenvalue weighted by Crippen LogP contribution is -2.65.